The fourth-order valence-corrected chi connectivity index (χ4v) is 3.29. The molecule has 5 nitrogen and oxygen atoms in total. The molecule has 2 rings (SSSR count). The number of nitrogens with zero attached hydrogens (tertiary/aromatic N) is 2. The molecule has 0 bridgehead atoms. The van der Waals surface area contributed by atoms with Gasteiger partial charge in [0.25, 0.3) is 0 Å². The van der Waals surface area contributed by atoms with Crippen molar-refractivity contribution < 1.29 is 14.9 Å². The van der Waals surface area contributed by atoms with E-state index in [9.17, 15) is 10.2 Å². The molecule has 1 saturated heterocycles. The van der Waals surface area contributed by atoms with Gasteiger partial charge in [0.1, 0.15) is 23.7 Å². The first-order valence-corrected chi connectivity index (χ1v) is 6.73. The first kappa shape index (κ1) is 13.1. The molecule has 17 heavy (non-hydrogen) atoms. The summed E-state index contributed by atoms with van der Waals surface area (Å²) in [6, 6.07) is -0.359. The molecule has 6 heteroatoms. The lowest BCUT2D eigenvalue weighted by Crippen LogP contribution is -2.56. The summed E-state index contributed by atoms with van der Waals surface area (Å²) in [5, 5.41) is 21.0. The Morgan fingerprint density at radius 2 is 1.94 bits per heavy atom. The number of ether oxygens (including phenoxy) is 1. The summed E-state index contributed by atoms with van der Waals surface area (Å²) in [6.45, 7) is 3.96. The van der Waals surface area contributed by atoms with Crippen molar-refractivity contribution >= 4 is 16.9 Å². The minimum Gasteiger partial charge on any atom is -0.388 e. The van der Waals surface area contributed by atoms with Crippen molar-refractivity contribution in [3.8, 4) is 0 Å². The molecule has 0 aromatic carbocycles. The largest absolute Gasteiger partial charge is 0.388 e. The Bertz CT molecular complexity index is 322. The lowest BCUT2D eigenvalue weighted by atomic mass is 9.91. The summed E-state index contributed by atoms with van der Waals surface area (Å²) in [7, 11) is 3.82. The fraction of sp³-hybridized carbons (Fsp3) is 0.909. The van der Waals surface area contributed by atoms with Gasteiger partial charge in [-0.2, -0.15) is 0 Å². The first-order valence-electron chi connectivity index (χ1n) is 5.85. The zero-order valence-corrected chi connectivity index (χ0v) is 11.4. The van der Waals surface area contributed by atoms with E-state index in [0.717, 1.165) is 5.17 Å². The van der Waals surface area contributed by atoms with E-state index < -0.39 is 12.2 Å². The molecule has 2 aliphatic rings. The second-order valence-electron chi connectivity index (χ2n) is 5.11. The maximum absolute atomic E-state index is 10.1. The Balaban J connectivity index is 2.15. The van der Waals surface area contributed by atoms with Crippen molar-refractivity contribution in [2.45, 2.75) is 43.6 Å². The predicted octanol–water partition coefficient (Wildman–Crippen LogP) is 0.122. The van der Waals surface area contributed by atoms with Crippen LogP contribution in [-0.2, 0) is 4.74 Å². The molecule has 0 aromatic heterocycles. The van der Waals surface area contributed by atoms with Crippen LogP contribution in [0.15, 0.2) is 4.99 Å². The van der Waals surface area contributed by atoms with E-state index in [1.807, 2.05) is 32.8 Å². The van der Waals surface area contributed by atoms with Gasteiger partial charge in [0.2, 0.25) is 0 Å². The zero-order chi connectivity index (χ0) is 12.7. The van der Waals surface area contributed by atoms with Gasteiger partial charge in [-0.3, -0.25) is 4.99 Å². The molecule has 0 aliphatic carbocycles. The minimum absolute atomic E-state index is 0.171. The number of hydrogen-bond acceptors (Lipinski definition) is 6. The van der Waals surface area contributed by atoms with Gasteiger partial charge in [0.15, 0.2) is 5.17 Å². The van der Waals surface area contributed by atoms with Crippen molar-refractivity contribution in [3.63, 3.8) is 0 Å². The topological polar surface area (TPSA) is 65.3 Å². The van der Waals surface area contributed by atoms with Crippen LogP contribution < -0.4 is 0 Å². The Hall–Kier alpha value is -0.300. The third-order valence-electron chi connectivity index (χ3n) is 3.13. The number of aliphatic hydroxyl groups is 2. The van der Waals surface area contributed by atoms with Gasteiger partial charge < -0.3 is 19.8 Å². The van der Waals surface area contributed by atoms with Crippen LogP contribution in [0.1, 0.15) is 13.8 Å². The van der Waals surface area contributed by atoms with Crippen LogP contribution in [0.3, 0.4) is 0 Å². The monoisotopic (exact) mass is 260 g/mol. The van der Waals surface area contributed by atoms with E-state index >= 15 is 0 Å². The van der Waals surface area contributed by atoms with Crippen LogP contribution in [0.5, 0.6) is 0 Å². The van der Waals surface area contributed by atoms with Gasteiger partial charge >= 0.3 is 0 Å². The van der Waals surface area contributed by atoms with Crippen molar-refractivity contribution in [3.05, 3.63) is 0 Å². The number of hydrogen-bond donors (Lipinski definition) is 2. The van der Waals surface area contributed by atoms with Gasteiger partial charge in [0, 0.05) is 14.1 Å². The molecule has 0 radical (unpaired) electrons. The molecule has 0 spiro atoms. The van der Waals surface area contributed by atoms with E-state index in [-0.39, 0.29) is 23.5 Å². The number of rotatable bonds is 1. The summed E-state index contributed by atoms with van der Waals surface area (Å²) in [6.07, 6.45) is -2.02. The second kappa shape index (κ2) is 4.76. The second-order valence-corrected chi connectivity index (χ2v) is 6.17. The maximum atomic E-state index is 10.1. The molecule has 0 unspecified atom stereocenters. The standard InChI is InChI=1S/C11H20N2O3S/c1-5(2)9-8(15)7(14)6-10(16-9)17-11(12-6)13(3)4/h5-10,14-15H,1-4H3/t6-,7-,8+,9-,10-/m1/s1. The third kappa shape index (κ3) is 2.31. The molecular weight excluding hydrogens is 240 g/mol. The number of fused-ring (bicyclic) bond motifs is 1. The van der Waals surface area contributed by atoms with Gasteiger partial charge in [-0.1, -0.05) is 25.6 Å². The predicted molar refractivity (Wildman–Crippen MR) is 68.0 cm³/mol. The van der Waals surface area contributed by atoms with Gasteiger partial charge in [-0.25, -0.2) is 0 Å². The van der Waals surface area contributed by atoms with Gasteiger partial charge in [-0.05, 0) is 5.92 Å². The van der Waals surface area contributed by atoms with E-state index in [4.69, 9.17) is 4.74 Å². The molecular formula is C11H20N2O3S. The molecule has 5 atom stereocenters. The molecule has 0 amide bonds. The SMILES string of the molecule is CC(C)[C@H]1O[C@@H]2SC(N(C)C)=N[C@@H]2[C@@H](O)[C@@H]1O. The van der Waals surface area contributed by atoms with Crippen molar-refractivity contribution in [1.29, 1.82) is 0 Å². The van der Waals surface area contributed by atoms with E-state index in [1.54, 1.807) is 0 Å². The molecule has 0 saturated carbocycles. The highest BCUT2D eigenvalue weighted by Crippen LogP contribution is 2.38. The highest BCUT2D eigenvalue weighted by Gasteiger charge is 2.49. The van der Waals surface area contributed by atoms with Crippen molar-refractivity contribution in [1.82, 2.24) is 4.90 Å². The number of aliphatic imine (C=N–C) groups is 1. The molecule has 2 heterocycles. The van der Waals surface area contributed by atoms with Crippen LogP contribution in [-0.4, -0.2) is 64.2 Å². The molecule has 0 aromatic rings. The average Bonchev–Trinajstić information content (AvgIpc) is 2.67. The summed E-state index contributed by atoms with van der Waals surface area (Å²) in [5.74, 6) is 0.171. The van der Waals surface area contributed by atoms with Crippen LogP contribution in [0.25, 0.3) is 0 Å². The Morgan fingerprint density at radius 1 is 1.29 bits per heavy atom. The highest BCUT2D eigenvalue weighted by atomic mass is 32.2. The van der Waals surface area contributed by atoms with Crippen LogP contribution in [0.4, 0.5) is 0 Å². The first-order chi connectivity index (χ1) is 7.91. The molecule has 1 fully saturated rings. The zero-order valence-electron chi connectivity index (χ0n) is 10.6. The van der Waals surface area contributed by atoms with Crippen LogP contribution >= 0.6 is 11.8 Å². The van der Waals surface area contributed by atoms with E-state index in [2.05, 4.69) is 4.99 Å². The van der Waals surface area contributed by atoms with Crippen LogP contribution in [0, 0.1) is 5.92 Å². The van der Waals surface area contributed by atoms with Crippen LogP contribution in [0.2, 0.25) is 0 Å². The quantitative estimate of drug-likeness (QED) is 0.701. The summed E-state index contributed by atoms with van der Waals surface area (Å²) in [5.41, 5.74) is -0.182. The average molecular weight is 260 g/mol. The third-order valence-corrected chi connectivity index (χ3v) is 4.43. The van der Waals surface area contributed by atoms with E-state index in [0.29, 0.717) is 0 Å². The Labute approximate surface area is 106 Å². The Kier molecular flexibility index (Phi) is 3.68. The highest BCUT2D eigenvalue weighted by molar-refractivity contribution is 8.14. The number of thioether (sulfide) groups is 1. The summed E-state index contributed by atoms with van der Waals surface area (Å²) in [4.78, 5) is 6.30. The van der Waals surface area contributed by atoms with Gasteiger partial charge in [0.05, 0.1) is 6.10 Å². The van der Waals surface area contributed by atoms with Gasteiger partial charge in [-0.15, -0.1) is 0 Å². The normalized spacial score (nSPS) is 41.4. The fourth-order valence-electron chi connectivity index (χ4n) is 2.14. The molecule has 2 N–H and O–H groups in total. The summed E-state index contributed by atoms with van der Waals surface area (Å²) >= 11 is 1.51. The lowest BCUT2D eigenvalue weighted by Gasteiger charge is -2.40. The Morgan fingerprint density at radius 3 is 2.47 bits per heavy atom. The van der Waals surface area contributed by atoms with E-state index in [1.165, 1.54) is 11.8 Å². The van der Waals surface area contributed by atoms with Crippen molar-refractivity contribution in [2.75, 3.05) is 14.1 Å². The number of aliphatic hydroxyl groups excluding tert-OH is 2. The summed E-state index contributed by atoms with van der Waals surface area (Å²) < 4.78 is 5.85. The molecule has 98 valence electrons. The minimum atomic E-state index is -0.859. The maximum Gasteiger partial charge on any atom is 0.161 e. The van der Waals surface area contributed by atoms with Crippen molar-refractivity contribution in [2.24, 2.45) is 10.9 Å². The molecule has 2 aliphatic heterocycles. The lowest BCUT2D eigenvalue weighted by molar-refractivity contribution is -0.166. The smallest absolute Gasteiger partial charge is 0.161 e. The number of amidine groups is 1.